The van der Waals surface area contributed by atoms with E-state index in [1.165, 1.54) is 0 Å². The molecule has 2 rings (SSSR count). The number of alkyl carbamates (subject to hydrolysis) is 1. The fourth-order valence-electron chi connectivity index (χ4n) is 3.27. The fraction of sp³-hybridized carbons (Fsp3) is 0.520. The Morgan fingerprint density at radius 3 is 2.12 bits per heavy atom. The zero-order chi connectivity index (χ0) is 25.7. The lowest BCUT2D eigenvalue weighted by molar-refractivity contribution is -0.135. The van der Waals surface area contributed by atoms with Crippen LogP contribution in [-0.2, 0) is 33.3 Å². The topological polar surface area (TPSA) is 114 Å². The predicted octanol–water partition coefficient (Wildman–Crippen LogP) is 2.80. The van der Waals surface area contributed by atoms with Crippen molar-refractivity contribution in [3.05, 3.63) is 54.1 Å². The minimum absolute atomic E-state index is 0.123. The van der Waals surface area contributed by atoms with E-state index >= 15 is 0 Å². The molecule has 186 valence electrons. The van der Waals surface area contributed by atoms with Gasteiger partial charge in [0, 0.05) is 25.2 Å². The Bertz CT molecular complexity index is 1000. The molecular weight excluding hydrogens is 434 g/mol. The van der Waals surface area contributed by atoms with Crippen LogP contribution in [0, 0.1) is 0 Å². The van der Waals surface area contributed by atoms with E-state index in [9.17, 15) is 14.4 Å². The second kappa shape index (κ2) is 10.3. The van der Waals surface area contributed by atoms with Gasteiger partial charge in [-0.1, -0.05) is 30.3 Å². The second-order valence-electron chi connectivity index (χ2n) is 10.6. The summed E-state index contributed by atoms with van der Waals surface area (Å²) < 4.78 is 7.11. The van der Waals surface area contributed by atoms with Gasteiger partial charge in [0.05, 0.1) is 12.0 Å². The minimum Gasteiger partial charge on any atom is -0.444 e. The molecule has 2 atom stereocenters. The first-order valence-electron chi connectivity index (χ1n) is 11.3. The summed E-state index contributed by atoms with van der Waals surface area (Å²) in [5, 5.41) is 8.46. The van der Waals surface area contributed by atoms with Gasteiger partial charge in [0.2, 0.25) is 5.91 Å². The molecule has 9 heteroatoms. The van der Waals surface area contributed by atoms with Crippen LogP contribution in [0.2, 0.25) is 0 Å². The summed E-state index contributed by atoms with van der Waals surface area (Å²) in [6.07, 6.45) is 2.77. The van der Waals surface area contributed by atoms with E-state index in [1.807, 2.05) is 33.9 Å². The van der Waals surface area contributed by atoms with Crippen LogP contribution in [-0.4, -0.2) is 44.6 Å². The van der Waals surface area contributed by atoms with Crippen LogP contribution in [0.1, 0.15) is 59.7 Å². The van der Waals surface area contributed by atoms with E-state index in [2.05, 4.69) is 20.9 Å². The molecule has 3 N–H and O–H groups in total. The number of ether oxygens (including phenoxy) is 1. The number of benzene rings is 1. The van der Waals surface area contributed by atoms with E-state index in [0.717, 1.165) is 0 Å². The molecule has 0 bridgehead atoms. The van der Waals surface area contributed by atoms with E-state index in [4.69, 9.17) is 4.74 Å². The van der Waals surface area contributed by atoms with Crippen molar-refractivity contribution in [2.24, 2.45) is 7.05 Å². The highest BCUT2D eigenvalue weighted by Gasteiger charge is 2.40. The summed E-state index contributed by atoms with van der Waals surface area (Å²) in [5.41, 5.74) is -1.41. The van der Waals surface area contributed by atoms with Crippen LogP contribution in [0.4, 0.5) is 4.79 Å². The maximum absolute atomic E-state index is 13.5. The van der Waals surface area contributed by atoms with Crippen LogP contribution >= 0.6 is 0 Å². The summed E-state index contributed by atoms with van der Waals surface area (Å²) in [6.45, 7) is 12.5. The summed E-state index contributed by atoms with van der Waals surface area (Å²) in [4.78, 5) is 43.7. The van der Waals surface area contributed by atoms with E-state index in [0.29, 0.717) is 11.3 Å². The maximum Gasteiger partial charge on any atom is 0.408 e. The van der Waals surface area contributed by atoms with Crippen molar-refractivity contribution >= 4 is 17.9 Å². The van der Waals surface area contributed by atoms with Crippen molar-refractivity contribution in [2.45, 2.75) is 77.6 Å². The van der Waals surface area contributed by atoms with Gasteiger partial charge in [0.25, 0.3) is 5.91 Å². The molecular formula is C25H37N5O4. The molecule has 1 aromatic carbocycles. The fourth-order valence-corrected chi connectivity index (χ4v) is 3.27. The largest absolute Gasteiger partial charge is 0.444 e. The molecule has 0 aliphatic heterocycles. The number of amides is 3. The minimum atomic E-state index is -1.39. The first-order valence-corrected chi connectivity index (χ1v) is 11.3. The van der Waals surface area contributed by atoms with Gasteiger partial charge < -0.3 is 25.3 Å². The Morgan fingerprint density at radius 2 is 1.62 bits per heavy atom. The van der Waals surface area contributed by atoms with Crippen molar-refractivity contribution in [1.29, 1.82) is 0 Å². The molecule has 0 saturated carbocycles. The lowest BCUT2D eigenvalue weighted by Gasteiger charge is -2.35. The van der Waals surface area contributed by atoms with Crippen molar-refractivity contribution in [3.8, 4) is 0 Å². The number of hydrogen-bond acceptors (Lipinski definition) is 5. The average Bonchev–Trinajstić information content (AvgIpc) is 3.10. The standard InChI is InChI=1S/C25H37N5O4/c1-23(2,3)29-21(32)25(7,17-12-10-9-11-13-17)28-20(31)19(14-18-15-30(8)16-26-18)27-22(33)34-24(4,5)6/h9-13,15-16,19H,14H2,1-8H3,(H,27,33)(H,28,31)(H,29,32)/t19-,25+/m0/s1. The molecule has 9 nitrogen and oxygen atoms in total. The Balaban J connectivity index is 2.37. The van der Waals surface area contributed by atoms with Gasteiger partial charge in [-0.15, -0.1) is 0 Å². The van der Waals surface area contributed by atoms with Crippen LogP contribution in [0.25, 0.3) is 0 Å². The number of nitrogens with one attached hydrogen (secondary N) is 3. The van der Waals surface area contributed by atoms with E-state index in [-0.39, 0.29) is 12.3 Å². The Morgan fingerprint density at radius 1 is 1.00 bits per heavy atom. The third-order valence-electron chi connectivity index (χ3n) is 4.85. The summed E-state index contributed by atoms with van der Waals surface area (Å²) >= 11 is 0. The van der Waals surface area contributed by atoms with E-state index < -0.39 is 34.7 Å². The zero-order valence-corrected chi connectivity index (χ0v) is 21.4. The van der Waals surface area contributed by atoms with Crippen LogP contribution < -0.4 is 16.0 Å². The number of carbonyl (C=O) groups excluding carboxylic acids is 3. The molecule has 0 radical (unpaired) electrons. The van der Waals surface area contributed by atoms with Crippen LogP contribution in [0.15, 0.2) is 42.9 Å². The van der Waals surface area contributed by atoms with Crippen molar-refractivity contribution in [1.82, 2.24) is 25.5 Å². The van der Waals surface area contributed by atoms with Crippen molar-refractivity contribution < 1.29 is 19.1 Å². The molecule has 0 fully saturated rings. The van der Waals surface area contributed by atoms with Gasteiger partial charge in [-0.25, -0.2) is 9.78 Å². The molecule has 0 aliphatic carbocycles. The molecule has 2 aromatic rings. The molecule has 1 heterocycles. The van der Waals surface area contributed by atoms with E-state index in [1.54, 1.807) is 69.1 Å². The molecule has 0 saturated heterocycles. The predicted molar refractivity (Wildman–Crippen MR) is 130 cm³/mol. The van der Waals surface area contributed by atoms with Gasteiger partial charge in [0.15, 0.2) is 0 Å². The normalized spacial score (nSPS) is 14.5. The zero-order valence-electron chi connectivity index (χ0n) is 21.4. The average molecular weight is 472 g/mol. The lowest BCUT2D eigenvalue weighted by atomic mass is 9.89. The first-order chi connectivity index (χ1) is 15.6. The molecule has 34 heavy (non-hydrogen) atoms. The lowest BCUT2D eigenvalue weighted by Crippen LogP contribution is -2.61. The Kier molecular flexibility index (Phi) is 8.13. The molecule has 0 unspecified atom stereocenters. The highest BCUT2D eigenvalue weighted by Crippen LogP contribution is 2.23. The SMILES string of the molecule is Cn1cnc(C[C@H](NC(=O)OC(C)(C)C)C(=O)N[C@@](C)(C(=O)NC(C)(C)C)c2ccccc2)c1. The van der Waals surface area contributed by atoms with Gasteiger partial charge >= 0.3 is 6.09 Å². The van der Waals surface area contributed by atoms with Gasteiger partial charge in [-0.2, -0.15) is 0 Å². The highest BCUT2D eigenvalue weighted by atomic mass is 16.6. The number of carbonyl (C=O) groups is 3. The maximum atomic E-state index is 13.5. The summed E-state index contributed by atoms with van der Waals surface area (Å²) in [5.74, 6) is -0.902. The smallest absolute Gasteiger partial charge is 0.408 e. The number of aryl methyl sites for hydroxylation is 1. The third-order valence-corrected chi connectivity index (χ3v) is 4.85. The van der Waals surface area contributed by atoms with Gasteiger partial charge in [0.1, 0.15) is 17.2 Å². The van der Waals surface area contributed by atoms with Crippen LogP contribution in [0.5, 0.6) is 0 Å². The number of imidazole rings is 1. The summed E-state index contributed by atoms with van der Waals surface area (Å²) in [6, 6.07) is 7.97. The van der Waals surface area contributed by atoms with Gasteiger partial charge in [-0.05, 0) is 54.0 Å². The van der Waals surface area contributed by atoms with Crippen molar-refractivity contribution in [2.75, 3.05) is 0 Å². The molecule has 1 aromatic heterocycles. The van der Waals surface area contributed by atoms with Crippen molar-refractivity contribution in [3.63, 3.8) is 0 Å². The third kappa shape index (κ3) is 7.90. The number of hydrogen-bond donors (Lipinski definition) is 3. The van der Waals surface area contributed by atoms with Crippen LogP contribution in [0.3, 0.4) is 0 Å². The quantitative estimate of drug-likeness (QED) is 0.575. The van der Waals surface area contributed by atoms with Gasteiger partial charge in [-0.3, -0.25) is 9.59 Å². The molecule has 3 amide bonds. The number of aromatic nitrogens is 2. The monoisotopic (exact) mass is 471 g/mol. The molecule has 0 aliphatic rings. The number of nitrogens with zero attached hydrogens (tertiary/aromatic N) is 2. The second-order valence-corrected chi connectivity index (χ2v) is 10.6. The summed E-state index contributed by atoms with van der Waals surface area (Å²) in [7, 11) is 1.82. The molecule has 0 spiro atoms. The Labute approximate surface area is 201 Å². The highest BCUT2D eigenvalue weighted by molar-refractivity contribution is 5.95. The Hall–Kier alpha value is -3.36. The first kappa shape index (κ1) is 26.9. The number of rotatable bonds is 7.